The second-order valence-corrected chi connectivity index (χ2v) is 6.45. The molecule has 4 nitrogen and oxygen atoms in total. The van der Waals surface area contributed by atoms with E-state index in [-0.39, 0.29) is 5.91 Å². The molecule has 1 atom stereocenters. The molecule has 21 heavy (non-hydrogen) atoms. The molecule has 1 aromatic carbocycles. The van der Waals surface area contributed by atoms with Crippen LogP contribution in [0.5, 0.6) is 5.75 Å². The first kappa shape index (κ1) is 14.4. The summed E-state index contributed by atoms with van der Waals surface area (Å²) in [7, 11) is 1.91. The van der Waals surface area contributed by atoms with E-state index in [1.807, 2.05) is 24.1 Å². The van der Waals surface area contributed by atoms with E-state index in [1.54, 1.807) is 0 Å². The van der Waals surface area contributed by atoms with Gasteiger partial charge in [0.25, 0.3) is 0 Å². The lowest BCUT2D eigenvalue weighted by atomic mass is 9.96. The van der Waals surface area contributed by atoms with Crippen molar-refractivity contribution < 1.29 is 9.53 Å². The molecule has 0 aromatic heterocycles. The maximum absolute atomic E-state index is 11.5. The summed E-state index contributed by atoms with van der Waals surface area (Å²) in [6.45, 7) is 6.08. The number of rotatable bonds is 4. The first-order valence-corrected chi connectivity index (χ1v) is 7.80. The van der Waals surface area contributed by atoms with Gasteiger partial charge < -0.3 is 9.64 Å². The van der Waals surface area contributed by atoms with Crippen LogP contribution in [0.15, 0.2) is 24.3 Å². The van der Waals surface area contributed by atoms with Crippen molar-refractivity contribution in [2.45, 2.75) is 25.9 Å². The maximum atomic E-state index is 11.5. The molecule has 2 fully saturated rings. The van der Waals surface area contributed by atoms with Crippen LogP contribution >= 0.6 is 0 Å². The van der Waals surface area contributed by atoms with E-state index in [9.17, 15) is 4.79 Å². The first-order valence-electron chi connectivity index (χ1n) is 7.80. The molecule has 2 aliphatic heterocycles. The van der Waals surface area contributed by atoms with Crippen LogP contribution in [0.3, 0.4) is 0 Å². The fourth-order valence-corrected chi connectivity index (χ4v) is 3.24. The molecule has 0 bridgehead atoms. The molecule has 4 heteroatoms. The molecule has 114 valence electrons. The Labute approximate surface area is 126 Å². The molecule has 1 amide bonds. The lowest BCUT2D eigenvalue weighted by Crippen LogP contribution is -2.56. The topological polar surface area (TPSA) is 32.8 Å². The van der Waals surface area contributed by atoms with E-state index >= 15 is 0 Å². The number of ether oxygens (including phenoxy) is 1. The largest absolute Gasteiger partial charge is 0.488 e. The zero-order valence-corrected chi connectivity index (χ0v) is 12.9. The SMILES string of the molecule is Cc1cccc(OC2CN(CC3CCC(=O)N(C)C3)C2)c1. The van der Waals surface area contributed by atoms with Crippen molar-refractivity contribution in [2.75, 3.05) is 33.2 Å². The Balaban J connectivity index is 1.41. The summed E-state index contributed by atoms with van der Waals surface area (Å²) >= 11 is 0. The Bertz CT molecular complexity index is 511. The highest BCUT2D eigenvalue weighted by molar-refractivity contribution is 5.76. The van der Waals surface area contributed by atoms with Gasteiger partial charge in [0.15, 0.2) is 0 Å². The normalized spacial score (nSPS) is 24.0. The van der Waals surface area contributed by atoms with Crippen LogP contribution in [0.4, 0.5) is 0 Å². The standard InChI is InChI=1S/C17H24N2O2/c1-13-4-3-5-15(8-13)21-16-11-19(12-16)10-14-6-7-17(20)18(2)9-14/h3-5,8,14,16H,6-7,9-12H2,1-2H3. The van der Waals surface area contributed by atoms with E-state index in [2.05, 4.69) is 24.0 Å². The van der Waals surface area contributed by atoms with Crippen molar-refractivity contribution in [2.24, 2.45) is 5.92 Å². The van der Waals surface area contributed by atoms with Crippen LogP contribution in [-0.4, -0.2) is 55.0 Å². The Kier molecular flexibility index (Phi) is 4.15. The molecular weight excluding hydrogens is 264 g/mol. The molecular formula is C17H24N2O2. The molecule has 0 N–H and O–H groups in total. The van der Waals surface area contributed by atoms with Gasteiger partial charge in [-0.05, 0) is 37.0 Å². The van der Waals surface area contributed by atoms with Gasteiger partial charge in [-0.3, -0.25) is 9.69 Å². The minimum atomic E-state index is 0.288. The number of carbonyl (C=O) groups excluding carboxylic acids is 1. The lowest BCUT2D eigenvalue weighted by Gasteiger charge is -2.42. The fourth-order valence-electron chi connectivity index (χ4n) is 3.24. The summed E-state index contributed by atoms with van der Waals surface area (Å²) in [6.07, 6.45) is 2.05. The number of nitrogens with zero attached hydrogens (tertiary/aromatic N) is 2. The molecule has 3 rings (SSSR count). The molecule has 1 unspecified atom stereocenters. The predicted molar refractivity (Wildman–Crippen MR) is 82.4 cm³/mol. The van der Waals surface area contributed by atoms with Crippen molar-refractivity contribution >= 4 is 5.91 Å². The van der Waals surface area contributed by atoms with Gasteiger partial charge in [0.2, 0.25) is 5.91 Å². The molecule has 0 spiro atoms. The third kappa shape index (κ3) is 3.56. The zero-order valence-electron chi connectivity index (χ0n) is 12.9. The zero-order chi connectivity index (χ0) is 14.8. The number of amides is 1. The van der Waals surface area contributed by atoms with Crippen molar-refractivity contribution in [1.82, 2.24) is 9.80 Å². The van der Waals surface area contributed by atoms with Crippen molar-refractivity contribution in [1.29, 1.82) is 0 Å². The summed E-state index contributed by atoms with van der Waals surface area (Å²) in [5, 5.41) is 0. The number of carbonyl (C=O) groups is 1. The summed E-state index contributed by atoms with van der Waals surface area (Å²) in [6, 6.07) is 8.23. The fraction of sp³-hybridized carbons (Fsp3) is 0.588. The number of benzene rings is 1. The second kappa shape index (κ2) is 6.06. The van der Waals surface area contributed by atoms with Crippen molar-refractivity contribution in [3.63, 3.8) is 0 Å². The number of likely N-dealkylation sites (tertiary alicyclic amines) is 2. The summed E-state index contributed by atoms with van der Waals surface area (Å²) < 4.78 is 5.98. The number of hydrogen-bond donors (Lipinski definition) is 0. The van der Waals surface area contributed by atoms with Crippen LogP contribution in [0.2, 0.25) is 0 Å². The Morgan fingerprint density at radius 3 is 2.81 bits per heavy atom. The van der Waals surface area contributed by atoms with Gasteiger partial charge in [0.1, 0.15) is 11.9 Å². The van der Waals surface area contributed by atoms with Gasteiger partial charge in [-0.2, -0.15) is 0 Å². The molecule has 2 heterocycles. The molecule has 0 radical (unpaired) electrons. The minimum absolute atomic E-state index is 0.288. The Hall–Kier alpha value is -1.55. The van der Waals surface area contributed by atoms with Gasteiger partial charge in [-0.15, -0.1) is 0 Å². The lowest BCUT2D eigenvalue weighted by molar-refractivity contribution is -0.133. The number of piperidine rings is 1. The summed E-state index contributed by atoms with van der Waals surface area (Å²) in [4.78, 5) is 15.8. The van der Waals surface area contributed by atoms with Crippen LogP contribution < -0.4 is 4.74 Å². The van der Waals surface area contributed by atoms with Crippen LogP contribution in [-0.2, 0) is 4.79 Å². The molecule has 0 saturated carbocycles. The Morgan fingerprint density at radius 1 is 1.29 bits per heavy atom. The maximum Gasteiger partial charge on any atom is 0.222 e. The third-order valence-electron chi connectivity index (χ3n) is 4.46. The monoisotopic (exact) mass is 288 g/mol. The van der Waals surface area contributed by atoms with Crippen LogP contribution in [0.1, 0.15) is 18.4 Å². The van der Waals surface area contributed by atoms with Gasteiger partial charge in [0, 0.05) is 39.6 Å². The van der Waals surface area contributed by atoms with Gasteiger partial charge >= 0.3 is 0 Å². The summed E-state index contributed by atoms with van der Waals surface area (Å²) in [5.41, 5.74) is 1.23. The Morgan fingerprint density at radius 2 is 2.10 bits per heavy atom. The first-order chi connectivity index (χ1) is 10.1. The summed E-state index contributed by atoms with van der Waals surface area (Å²) in [5.74, 6) is 1.88. The van der Waals surface area contributed by atoms with Crippen molar-refractivity contribution in [3.05, 3.63) is 29.8 Å². The molecule has 2 aliphatic rings. The highest BCUT2D eigenvalue weighted by Crippen LogP contribution is 2.23. The molecule has 1 aromatic rings. The van der Waals surface area contributed by atoms with Crippen LogP contribution in [0, 0.1) is 12.8 Å². The van der Waals surface area contributed by atoms with Gasteiger partial charge in [-0.25, -0.2) is 0 Å². The third-order valence-corrected chi connectivity index (χ3v) is 4.46. The smallest absolute Gasteiger partial charge is 0.222 e. The quantitative estimate of drug-likeness (QED) is 0.848. The minimum Gasteiger partial charge on any atom is -0.488 e. The average molecular weight is 288 g/mol. The van der Waals surface area contributed by atoms with Gasteiger partial charge in [0.05, 0.1) is 0 Å². The highest BCUT2D eigenvalue weighted by Gasteiger charge is 2.32. The van der Waals surface area contributed by atoms with Crippen molar-refractivity contribution in [3.8, 4) is 5.75 Å². The van der Waals surface area contributed by atoms with E-state index in [4.69, 9.17) is 4.74 Å². The van der Waals surface area contributed by atoms with Crippen LogP contribution in [0.25, 0.3) is 0 Å². The number of aryl methyl sites for hydroxylation is 1. The highest BCUT2D eigenvalue weighted by atomic mass is 16.5. The molecule has 0 aliphatic carbocycles. The van der Waals surface area contributed by atoms with E-state index in [0.717, 1.165) is 38.3 Å². The molecule has 2 saturated heterocycles. The van der Waals surface area contributed by atoms with E-state index in [0.29, 0.717) is 18.4 Å². The average Bonchev–Trinajstić information content (AvgIpc) is 2.40. The second-order valence-electron chi connectivity index (χ2n) is 6.45. The number of hydrogen-bond acceptors (Lipinski definition) is 3. The van der Waals surface area contributed by atoms with Gasteiger partial charge in [-0.1, -0.05) is 12.1 Å². The predicted octanol–water partition coefficient (Wildman–Crippen LogP) is 1.93. The van der Waals surface area contributed by atoms with E-state index < -0.39 is 0 Å². The van der Waals surface area contributed by atoms with E-state index in [1.165, 1.54) is 5.56 Å².